The van der Waals surface area contributed by atoms with Crippen LogP contribution in [-0.4, -0.2) is 28.3 Å². The third-order valence-electron chi connectivity index (χ3n) is 3.11. The molecule has 0 aliphatic heterocycles. The van der Waals surface area contributed by atoms with Crippen LogP contribution in [0.25, 0.3) is 10.9 Å². The van der Waals surface area contributed by atoms with Gasteiger partial charge in [-0.15, -0.1) is 0 Å². The van der Waals surface area contributed by atoms with E-state index in [9.17, 15) is 5.11 Å². The first kappa shape index (κ1) is 14.0. The van der Waals surface area contributed by atoms with E-state index in [1.165, 1.54) is 0 Å². The van der Waals surface area contributed by atoms with Crippen LogP contribution >= 0.6 is 0 Å². The maximum Gasteiger partial charge on any atom is 0.0798 e. The number of rotatable bonds is 5. The fourth-order valence-electron chi connectivity index (χ4n) is 2.08. The van der Waals surface area contributed by atoms with Gasteiger partial charge in [-0.25, -0.2) is 0 Å². The lowest BCUT2D eigenvalue weighted by Crippen LogP contribution is -2.42. The Morgan fingerprint density at radius 1 is 1.21 bits per heavy atom. The summed E-state index contributed by atoms with van der Waals surface area (Å²) >= 11 is 0. The van der Waals surface area contributed by atoms with E-state index in [0.29, 0.717) is 19.0 Å². The highest BCUT2D eigenvalue weighted by Gasteiger charge is 2.21. The van der Waals surface area contributed by atoms with Gasteiger partial charge in [-0.3, -0.25) is 4.98 Å². The molecule has 0 spiro atoms. The number of fused-ring (bicyclic) bond motifs is 1. The van der Waals surface area contributed by atoms with Gasteiger partial charge in [0.05, 0.1) is 11.1 Å². The number of nitrogens with one attached hydrogen (secondary N) is 1. The van der Waals surface area contributed by atoms with Crippen LogP contribution < -0.4 is 5.32 Å². The summed E-state index contributed by atoms with van der Waals surface area (Å²) in [6.45, 7) is 6.56. The average Bonchev–Trinajstić information content (AvgIpc) is 2.36. The molecule has 1 aromatic carbocycles. The second kappa shape index (κ2) is 5.68. The predicted octanol–water partition coefficient (Wildman–Crippen LogP) is 2.53. The maximum absolute atomic E-state index is 10.4. The topological polar surface area (TPSA) is 45.1 Å². The normalized spacial score (nSPS) is 14.8. The van der Waals surface area contributed by atoms with Crippen molar-refractivity contribution in [1.29, 1.82) is 0 Å². The van der Waals surface area contributed by atoms with E-state index in [1.54, 1.807) is 0 Å². The Kier molecular flexibility index (Phi) is 4.17. The molecule has 0 aliphatic carbocycles. The lowest BCUT2D eigenvalue weighted by atomic mass is 9.99. The highest BCUT2D eigenvalue weighted by Crippen LogP contribution is 2.16. The van der Waals surface area contributed by atoms with Crippen molar-refractivity contribution in [3.8, 4) is 0 Å². The number of para-hydroxylation sites is 1. The highest BCUT2D eigenvalue weighted by molar-refractivity contribution is 5.78. The molecule has 102 valence electrons. The summed E-state index contributed by atoms with van der Waals surface area (Å²) in [5.74, 6) is 0. The molecule has 0 aliphatic rings. The number of aromatic nitrogens is 1. The van der Waals surface area contributed by atoms with Gasteiger partial charge in [0.1, 0.15) is 0 Å². The van der Waals surface area contributed by atoms with E-state index < -0.39 is 5.60 Å². The average molecular weight is 258 g/mol. The number of hydrogen-bond donors (Lipinski definition) is 2. The molecule has 1 atom stereocenters. The Balaban J connectivity index is 2.11. The van der Waals surface area contributed by atoms with Crippen molar-refractivity contribution in [1.82, 2.24) is 10.3 Å². The summed E-state index contributed by atoms with van der Waals surface area (Å²) in [6, 6.07) is 12.5. The van der Waals surface area contributed by atoms with Gasteiger partial charge in [0.2, 0.25) is 0 Å². The van der Waals surface area contributed by atoms with E-state index in [1.807, 2.05) is 37.3 Å². The molecule has 0 saturated carbocycles. The number of aliphatic hydroxyl groups is 1. The molecule has 19 heavy (non-hydrogen) atoms. The Morgan fingerprint density at radius 3 is 2.68 bits per heavy atom. The van der Waals surface area contributed by atoms with Crippen molar-refractivity contribution in [2.45, 2.75) is 38.8 Å². The SMILES string of the molecule is CC(C)NCC(C)(O)Cc1ccc2ccccc2n1. The molecule has 3 nitrogen and oxygen atoms in total. The zero-order valence-corrected chi connectivity index (χ0v) is 11.9. The summed E-state index contributed by atoms with van der Waals surface area (Å²) in [6.07, 6.45) is 0.553. The van der Waals surface area contributed by atoms with Gasteiger partial charge >= 0.3 is 0 Å². The van der Waals surface area contributed by atoms with Crippen molar-refractivity contribution in [3.63, 3.8) is 0 Å². The van der Waals surface area contributed by atoms with Gasteiger partial charge < -0.3 is 10.4 Å². The van der Waals surface area contributed by atoms with Gasteiger partial charge in [-0.05, 0) is 19.1 Å². The molecule has 0 saturated heterocycles. The molecule has 1 aromatic heterocycles. The zero-order chi connectivity index (χ0) is 13.9. The van der Waals surface area contributed by atoms with Gasteiger partial charge in [-0.2, -0.15) is 0 Å². The first-order chi connectivity index (χ1) is 8.96. The first-order valence-corrected chi connectivity index (χ1v) is 6.77. The van der Waals surface area contributed by atoms with Gasteiger partial charge in [0.25, 0.3) is 0 Å². The second-order valence-corrected chi connectivity index (χ2v) is 5.70. The predicted molar refractivity (Wildman–Crippen MR) is 79.2 cm³/mol. The molecule has 0 fully saturated rings. The molecule has 2 rings (SSSR count). The molecular weight excluding hydrogens is 236 g/mol. The number of benzene rings is 1. The van der Waals surface area contributed by atoms with Crippen LogP contribution in [-0.2, 0) is 6.42 Å². The fourth-order valence-corrected chi connectivity index (χ4v) is 2.08. The van der Waals surface area contributed by atoms with E-state index in [4.69, 9.17) is 0 Å². The third kappa shape index (κ3) is 4.01. The minimum Gasteiger partial charge on any atom is -0.388 e. The summed E-state index contributed by atoms with van der Waals surface area (Å²) in [5, 5.41) is 14.8. The number of hydrogen-bond acceptors (Lipinski definition) is 3. The van der Waals surface area contributed by atoms with Crippen LogP contribution in [0.5, 0.6) is 0 Å². The maximum atomic E-state index is 10.4. The Hall–Kier alpha value is -1.45. The summed E-state index contributed by atoms with van der Waals surface area (Å²) in [7, 11) is 0. The van der Waals surface area contributed by atoms with Crippen LogP contribution in [0.2, 0.25) is 0 Å². The quantitative estimate of drug-likeness (QED) is 0.866. The standard InChI is InChI=1S/C16H22N2O/c1-12(2)17-11-16(3,19)10-14-9-8-13-6-4-5-7-15(13)18-14/h4-9,12,17,19H,10-11H2,1-3H3. The Morgan fingerprint density at radius 2 is 1.95 bits per heavy atom. The molecule has 3 heteroatoms. The van der Waals surface area contributed by atoms with E-state index >= 15 is 0 Å². The fraction of sp³-hybridized carbons (Fsp3) is 0.438. The van der Waals surface area contributed by atoms with E-state index in [2.05, 4.69) is 30.2 Å². The lowest BCUT2D eigenvalue weighted by Gasteiger charge is -2.24. The summed E-state index contributed by atoms with van der Waals surface area (Å²) < 4.78 is 0. The van der Waals surface area contributed by atoms with Crippen molar-refractivity contribution < 1.29 is 5.11 Å². The molecule has 0 amide bonds. The first-order valence-electron chi connectivity index (χ1n) is 6.77. The molecule has 1 heterocycles. The minimum absolute atomic E-state index is 0.371. The van der Waals surface area contributed by atoms with Gasteiger partial charge in [0.15, 0.2) is 0 Å². The molecule has 1 unspecified atom stereocenters. The van der Waals surface area contributed by atoms with Crippen LogP contribution in [0.1, 0.15) is 26.5 Å². The summed E-state index contributed by atoms with van der Waals surface area (Å²) in [5.41, 5.74) is 1.13. The van der Waals surface area contributed by atoms with E-state index in [0.717, 1.165) is 16.6 Å². The number of nitrogens with zero attached hydrogens (tertiary/aromatic N) is 1. The van der Waals surface area contributed by atoms with Crippen molar-refractivity contribution in [2.24, 2.45) is 0 Å². The molecular formula is C16H22N2O. The number of pyridine rings is 1. The smallest absolute Gasteiger partial charge is 0.0798 e. The van der Waals surface area contributed by atoms with Crippen LogP contribution in [0, 0.1) is 0 Å². The third-order valence-corrected chi connectivity index (χ3v) is 3.11. The van der Waals surface area contributed by atoms with Crippen LogP contribution in [0.15, 0.2) is 36.4 Å². The van der Waals surface area contributed by atoms with E-state index in [-0.39, 0.29) is 0 Å². The molecule has 0 bridgehead atoms. The Labute approximate surface area is 114 Å². The van der Waals surface area contributed by atoms with Crippen LogP contribution in [0.3, 0.4) is 0 Å². The highest BCUT2D eigenvalue weighted by atomic mass is 16.3. The van der Waals surface area contributed by atoms with Gasteiger partial charge in [-0.1, -0.05) is 38.1 Å². The Bertz CT molecular complexity index is 549. The molecule has 2 N–H and O–H groups in total. The molecule has 0 radical (unpaired) electrons. The lowest BCUT2D eigenvalue weighted by molar-refractivity contribution is 0.0573. The molecule has 2 aromatic rings. The largest absolute Gasteiger partial charge is 0.388 e. The van der Waals surface area contributed by atoms with Crippen molar-refractivity contribution in [2.75, 3.05) is 6.54 Å². The second-order valence-electron chi connectivity index (χ2n) is 5.70. The van der Waals surface area contributed by atoms with Crippen molar-refractivity contribution in [3.05, 3.63) is 42.1 Å². The zero-order valence-electron chi connectivity index (χ0n) is 11.9. The van der Waals surface area contributed by atoms with Crippen LogP contribution in [0.4, 0.5) is 0 Å². The monoisotopic (exact) mass is 258 g/mol. The van der Waals surface area contributed by atoms with Crippen molar-refractivity contribution >= 4 is 10.9 Å². The summed E-state index contributed by atoms with van der Waals surface area (Å²) in [4.78, 5) is 4.60. The minimum atomic E-state index is -0.778. The van der Waals surface area contributed by atoms with Gasteiger partial charge in [0, 0.05) is 30.1 Å².